The average molecular weight is 474 g/mol. The molecule has 1 fully saturated rings. The monoisotopic (exact) mass is 474 g/mol. The molecule has 0 aliphatic carbocycles. The van der Waals surface area contributed by atoms with E-state index in [9.17, 15) is 23.1 Å². The van der Waals surface area contributed by atoms with Gasteiger partial charge in [-0.2, -0.15) is 13.2 Å². The van der Waals surface area contributed by atoms with Gasteiger partial charge in [0.15, 0.2) is 0 Å². The fraction of sp³-hybridized carbons (Fsp3) is 0.375. The average Bonchev–Trinajstić information content (AvgIpc) is 3.28. The molecule has 1 aliphatic heterocycles. The van der Waals surface area contributed by atoms with Crippen molar-refractivity contribution in [2.45, 2.75) is 32.8 Å². The number of aliphatic hydroxyl groups excluding tert-OH is 1. The molecule has 10 heteroatoms. The van der Waals surface area contributed by atoms with Gasteiger partial charge in [-0.1, -0.05) is 44.2 Å². The Balaban J connectivity index is 1.49. The van der Waals surface area contributed by atoms with Crippen LogP contribution in [0.5, 0.6) is 0 Å². The number of likely N-dealkylation sites (tertiary alicyclic amines) is 1. The van der Waals surface area contributed by atoms with Crippen LogP contribution in [0.15, 0.2) is 59.0 Å². The van der Waals surface area contributed by atoms with Crippen LogP contribution in [0.4, 0.5) is 18.9 Å². The van der Waals surface area contributed by atoms with Gasteiger partial charge in [-0.05, 0) is 35.7 Å². The van der Waals surface area contributed by atoms with E-state index in [0.717, 1.165) is 11.3 Å². The zero-order chi connectivity index (χ0) is 24.5. The SMILES string of the molecule is CC(C)C(O)N1CC(C(=O)N(Cc2ccc(-c3nnc(C(F)(F)F)o3)cc2)c2ccccc2)C1. The smallest absolute Gasteiger partial charge is 0.413 e. The van der Waals surface area contributed by atoms with Gasteiger partial charge >= 0.3 is 12.1 Å². The number of hydrogen-bond donors (Lipinski definition) is 1. The number of rotatable bonds is 7. The van der Waals surface area contributed by atoms with Crippen molar-refractivity contribution in [1.82, 2.24) is 15.1 Å². The molecule has 1 amide bonds. The van der Waals surface area contributed by atoms with E-state index in [4.69, 9.17) is 4.42 Å². The van der Waals surface area contributed by atoms with E-state index < -0.39 is 18.3 Å². The molecule has 0 radical (unpaired) electrons. The van der Waals surface area contributed by atoms with Crippen molar-refractivity contribution < 1.29 is 27.5 Å². The predicted molar refractivity (Wildman–Crippen MR) is 118 cm³/mol. The summed E-state index contributed by atoms with van der Waals surface area (Å²) in [6, 6.07) is 15.9. The van der Waals surface area contributed by atoms with Gasteiger partial charge < -0.3 is 14.4 Å². The Kier molecular flexibility index (Phi) is 6.72. The van der Waals surface area contributed by atoms with Crippen molar-refractivity contribution in [3.8, 4) is 11.5 Å². The Morgan fingerprint density at radius 1 is 1.12 bits per heavy atom. The summed E-state index contributed by atoms with van der Waals surface area (Å²) in [6.45, 7) is 5.11. The summed E-state index contributed by atoms with van der Waals surface area (Å²) in [5, 5.41) is 16.7. The molecular formula is C24H25F3N4O3. The summed E-state index contributed by atoms with van der Waals surface area (Å²) >= 11 is 0. The highest BCUT2D eigenvalue weighted by Gasteiger charge is 2.40. The zero-order valence-electron chi connectivity index (χ0n) is 18.7. The Bertz CT molecular complexity index is 1110. The minimum Gasteiger partial charge on any atom is -0.413 e. The first-order valence-corrected chi connectivity index (χ1v) is 10.9. The van der Waals surface area contributed by atoms with Crippen LogP contribution in [0.1, 0.15) is 25.3 Å². The van der Waals surface area contributed by atoms with E-state index in [1.165, 1.54) is 0 Å². The van der Waals surface area contributed by atoms with Crippen molar-refractivity contribution >= 4 is 11.6 Å². The van der Waals surface area contributed by atoms with Crippen LogP contribution in [-0.2, 0) is 17.5 Å². The minimum atomic E-state index is -4.70. The van der Waals surface area contributed by atoms with E-state index in [1.54, 1.807) is 29.2 Å². The second kappa shape index (κ2) is 9.55. The number of amides is 1. The lowest BCUT2D eigenvalue weighted by Gasteiger charge is -2.44. The van der Waals surface area contributed by atoms with E-state index in [0.29, 0.717) is 18.7 Å². The lowest BCUT2D eigenvalue weighted by molar-refractivity contribution is -0.157. The predicted octanol–water partition coefficient (Wildman–Crippen LogP) is 4.19. The number of aliphatic hydroxyl groups is 1. The molecular weight excluding hydrogens is 449 g/mol. The van der Waals surface area contributed by atoms with Crippen molar-refractivity contribution in [2.24, 2.45) is 11.8 Å². The molecule has 1 saturated heterocycles. The number of aromatic nitrogens is 2. The highest BCUT2D eigenvalue weighted by molar-refractivity contribution is 5.95. The molecule has 7 nitrogen and oxygen atoms in total. The Morgan fingerprint density at radius 3 is 2.32 bits per heavy atom. The molecule has 1 unspecified atom stereocenters. The molecule has 4 rings (SSSR count). The van der Waals surface area contributed by atoms with Crippen molar-refractivity contribution in [3.05, 3.63) is 66.1 Å². The third-order valence-corrected chi connectivity index (χ3v) is 5.77. The van der Waals surface area contributed by atoms with E-state index >= 15 is 0 Å². The Labute approximate surface area is 194 Å². The fourth-order valence-electron chi connectivity index (χ4n) is 3.82. The van der Waals surface area contributed by atoms with Crippen LogP contribution < -0.4 is 4.90 Å². The number of benzene rings is 2. The largest absolute Gasteiger partial charge is 0.470 e. The number of carbonyl (C=O) groups is 1. The molecule has 0 bridgehead atoms. The maximum Gasteiger partial charge on any atom is 0.470 e. The van der Waals surface area contributed by atoms with E-state index in [2.05, 4.69) is 10.2 Å². The summed E-state index contributed by atoms with van der Waals surface area (Å²) in [4.78, 5) is 16.9. The first-order chi connectivity index (χ1) is 16.1. The van der Waals surface area contributed by atoms with Gasteiger partial charge in [0.2, 0.25) is 11.8 Å². The van der Waals surface area contributed by atoms with Gasteiger partial charge in [0.25, 0.3) is 0 Å². The highest BCUT2D eigenvalue weighted by Crippen LogP contribution is 2.31. The second-order valence-electron chi connectivity index (χ2n) is 8.68. The highest BCUT2D eigenvalue weighted by atomic mass is 19.4. The Hall–Kier alpha value is -3.24. The molecule has 1 aliphatic rings. The normalized spacial score (nSPS) is 15.9. The number of para-hydroxylation sites is 1. The van der Waals surface area contributed by atoms with Crippen LogP contribution in [0, 0.1) is 11.8 Å². The lowest BCUT2D eigenvalue weighted by Crippen LogP contribution is -2.58. The maximum absolute atomic E-state index is 13.3. The van der Waals surface area contributed by atoms with Crippen LogP contribution in [0.3, 0.4) is 0 Å². The summed E-state index contributed by atoms with van der Waals surface area (Å²) < 4.78 is 42.9. The minimum absolute atomic E-state index is 0.0470. The van der Waals surface area contributed by atoms with Crippen molar-refractivity contribution in [3.63, 3.8) is 0 Å². The molecule has 0 saturated carbocycles. The molecule has 3 aromatic rings. The third-order valence-electron chi connectivity index (χ3n) is 5.77. The van der Waals surface area contributed by atoms with Crippen LogP contribution in [0.2, 0.25) is 0 Å². The summed E-state index contributed by atoms with van der Waals surface area (Å²) in [5.41, 5.74) is 1.88. The molecule has 180 valence electrons. The van der Waals surface area contributed by atoms with Gasteiger partial charge in [0.05, 0.1) is 12.5 Å². The summed E-state index contributed by atoms with van der Waals surface area (Å²) in [7, 11) is 0. The van der Waals surface area contributed by atoms with Crippen LogP contribution in [0.25, 0.3) is 11.5 Å². The standard InChI is InChI=1S/C24H25F3N4O3/c1-15(2)21(32)30-13-18(14-30)22(33)31(19-6-4-3-5-7-19)12-16-8-10-17(11-9-16)20-28-29-23(34-20)24(25,26)27/h3-11,15,18,21,32H,12-14H2,1-2H3. The molecule has 0 spiro atoms. The molecule has 2 heterocycles. The molecule has 1 atom stereocenters. The van der Waals surface area contributed by atoms with Gasteiger partial charge in [-0.25, -0.2) is 0 Å². The third kappa shape index (κ3) is 5.13. The fourth-order valence-corrected chi connectivity index (χ4v) is 3.82. The number of nitrogens with zero attached hydrogens (tertiary/aromatic N) is 4. The number of carbonyl (C=O) groups excluding carboxylic acids is 1. The van der Waals surface area contributed by atoms with E-state index in [-0.39, 0.29) is 30.2 Å². The second-order valence-corrected chi connectivity index (χ2v) is 8.68. The molecule has 2 aromatic carbocycles. The first-order valence-electron chi connectivity index (χ1n) is 10.9. The summed E-state index contributed by atoms with van der Waals surface area (Å²) in [6.07, 6.45) is -5.28. The topological polar surface area (TPSA) is 82.7 Å². The molecule has 1 N–H and O–H groups in total. The Morgan fingerprint density at radius 2 is 1.76 bits per heavy atom. The van der Waals surface area contributed by atoms with Gasteiger partial charge in [-0.3, -0.25) is 9.69 Å². The number of hydrogen-bond acceptors (Lipinski definition) is 6. The zero-order valence-corrected chi connectivity index (χ0v) is 18.7. The number of alkyl halides is 3. The molecule has 1 aromatic heterocycles. The van der Waals surface area contributed by atoms with E-state index in [1.807, 2.05) is 49.1 Å². The van der Waals surface area contributed by atoms with Crippen molar-refractivity contribution in [1.29, 1.82) is 0 Å². The number of halogens is 3. The van der Waals surface area contributed by atoms with Crippen LogP contribution >= 0.6 is 0 Å². The maximum atomic E-state index is 13.3. The quantitative estimate of drug-likeness (QED) is 0.553. The lowest BCUT2D eigenvalue weighted by atomic mass is 9.95. The number of anilines is 1. The summed E-state index contributed by atoms with van der Waals surface area (Å²) in [5.74, 6) is -1.83. The molecule has 34 heavy (non-hydrogen) atoms. The van der Waals surface area contributed by atoms with Crippen molar-refractivity contribution in [2.75, 3.05) is 18.0 Å². The van der Waals surface area contributed by atoms with Gasteiger partial charge in [0.1, 0.15) is 6.23 Å². The van der Waals surface area contributed by atoms with Crippen LogP contribution in [-0.4, -0.2) is 45.4 Å². The van der Waals surface area contributed by atoms with Gasteiger partial charge in [0, 0.05) is 24.3 Å². The first kappa shape index (κ1) is 23.9. The van der Waals surface area contributed by atoms with Gasteiger partial charge in [-0.15, -0.1) is 10.2 Å².